The van der Waals surface area contributed by atoms with Crippen LogP contribution < -0.4 is 0 Å². The van der Waals surface area contributed by atoms with Crippen LogP contribution in [0.5, 0.6) is 0 Å². The van der Waals surface area contributed by atoms with Crippen molar-refractivity contribution in [3.8, 4) is 0 Å². The Morgan fingerprint density at radius 2 is 2.46 bits per heavy atom. The number of aliphatic carboxylic acids is 1. The lowest BCUT2D eigenvalue weighted by Gasteiger charge is -2.34. The summed E-state index contributed by atoms with van der Waals surface area (Å²) in [5, 5.41) is 8.61. The number of carbonyl (C=O) groups is 1. The van der Waals surface area contributed by atoms with E-state index in [9.17, 15) is 4.79 Å². The smallest absolute Gasteiger partial charge is 0.323 e. The van der Waals surface area contributed by atoms with Crippen molar-refractivity contribution >= 4 is 34.3 Å². The van der Waals surface area contributed by atoms with Gasteiger partial charge in [0, 0.05) is 0 Å². The predicted octanol–water partition coefficient (Wildman–Crippen LogP) is 0.642. The predicted molar refractivity (Wildman–Crippen MR) is 56.6 cm³/mol. The van der Waals surface area contributed by atoms with Crippen molar-refractivity contribution < 1.29 is 9.90 Å². The lowest BCUT2D eigenvalue weighted by atomic mass is 10.5. The number of rotatable bonds is 3. The van der Waals surface area contributed by atoms with Gasteiger partial charge < -0.3 is 10.0 Å². The average molecular weight is 220 g/mol. The molecule has 0 aromatic heterocycles. The van der Waals surface area contributed by atoms with Crippen LogP contribution in [0.2, 0.25) is 0 Å². The van der Waals surface area contributed by atoms with Crippen LogP contribution in [0.4, 0.5) is 0 Å². The number of thioether (sulfide) groups is 1. The third-order valence-electron chi connectivity index (χ3n) is 1.77. The lowest BCUT2D eigenvalue weighted by Crippen LogP contribution is -2.46. The molecule has 1 rings (SSSR count). The maximum Gasteiger partial charge on any atom is 0.323 e. The topological polar surface area (TPSA) is 43.8 Å². The third-order valence-corrected chi connectivity index (χ3v) is 3.38. The van der Waals surface area contributed by atoms with Crippen LogP contribution in [-0.4, -0.2) is 50.8 Å². The highest BCUT2D eigenvalue weighted by Crippen LogP contribution is 2.17. The summed E-state index contributed by atoms with van der Waals surface area (Å²) < 4.78 is 0.687. The van der Waals surface area contributed by atoms with E-state index in [1.165, 1.54) is 11.8 Å². The Hall–Kier alpha value is -0.330. The highest BCUT2D eigenvalue weighted by Gasteiger charge is 2.21. The highest BCUT2D eigenvalue weighted by molar-refractivity contribution is 8.22. The maximum absolute atomic E-state index is 10.5. The summed E-state index contributed by atoms with van der Waals surface area (Å²) in [7, 11) is 0. The summed E-state index contributed by atoms with van der Waals surface area (Å²) in [6, 6.07) is 0. The molecule has 13 heavy (non-hydrogen) atoms. The van der Waals surface area contributed by atoms with E-state index < -0.39 is 5.97 Å². The number of carboxylic acid groups (broad SMARTS) is 1. The van der Waals surface area contributed by atoms with Gasteiger partial charge in [0.15, 0.2) is 0 Å². The Morgan fingerprint density at radius 1 is 1.77 bits per heavy atom. The lowest BCUT2D eigenvalue weighted by molar-refractivity contribution is -0.137. The summed E-state index contributed by atoms with van der Waals surface area (Å²) in [6.45, 7) is 3.61. The number of hydrogen-bond donors (Lipinski definition) is 1. The van der Waals surface area contributed by atoms with Crippen LogP contribution in [0, 0.1) is 0 Å². The van der Waals surface area contributed by atoms with E-state index in [4.69, 9.17) is 17.3 Å². The number of thiocarbonyl (C=S) groups is 1. The van der Waals surface area contributed by atoms with E-state index in [1.807, 2.05) is 6.92 Å². The molecule has 0 unspecified atom stereocenters. The first kappa shape index (κ1) is 10.7. The van der Waals surface area contributed by atoms with Crippen LogP contribution in [0.15, 0.2) is 0 Å². The van der Waals surface area contributed by atoms with Gasteiger partial charge in [0.05, 0.1) is 12.5 Å². The molecular formula is C7H12N2O2S2. The SMILES string of the molecule is CCN1CSC(=S)N(CC(=O)O)C1. The summed E-state index contributed by atoms with van der Waals surface area (Å²) in [6.07, 6.45) is 0. The second-order valence-corrected chi connectivity index (χ2v) is 4.34. The van der Waals surface area contributed by atoms with Gasteiger partial charge in [-0.2, -0.15) is 0 Å². The van der Waals surface area contributed by atoms with E-state index in [-0.39, 0.29) is 6.54 Å². The molecule has 0 saturated carbocycles. The molecule has 1 saturated heterocycles. The fourth-order valence-electron chi connectivity index (χ4n) is 1.05. The van der Waals surface area contributed by atoms with Crippen LogP contribution in [0.3, 0.4) is 0 Å². The second-order valence-electron chi connectivity index (χ2n) is 2.76. The van der Waals surface area contributed by atoms with Crippen LogP contribution in [0.1, 0.15) is 6.92 Å². The second kappa shape index (κ2) is 4.78. The molecule has 0 aromatic rings. The molecule has 6 heteroatoms. The van der Waals surface area contributed by atoms with Gasteiger partial charge in [-0.15, -0.1) is 0 Å². The highest BCUT2D eigenvalue weighted by atomic mass is 32.2. The molecule has 1 aliphatic heterocycles. The Bertz CT molecular complexity index is 223. The van der Waals surface area contributed by atoms with Gasteiger partial charge in [0.1, 0.15) is 10.9 Å². The van der Waals surface area contributed by atoms with Gasteiger partial charge in [-0.1, -0.05) is 30.9 Å². The monoisotopic (exact) mass is 220 g/mol. The molecule has 0 amide bonds. The van der Waals surface area contributed by atoms with Gasteiger partial charge in [-0.05, 0) is 6.54 Å². The minimum atomic E-state index is -0.832. The molecule has 1 fully saturated rings. The minimum absolute atomic E-state index is 0.00231. The molecule has 0 atom stereocenters. The van der Waals surface area contributed by atoms with E-state index in [1.54, 1.807) is 4.90 Å². The fourth-order valence-corrected chi connectivity index (χ4v) is 2.19. The quantitative estimate of drug-likeness (QED) is 0.704. The Kier molecular flexibility index (Phi) is 3.95. The molecule has 1 aliphatic rings. The molecule has 1 heterocycles. The minimum Gasteiger partial charge on any atom is -0.480 e. The zero-order valence-corrected chi connectivity index (χ0v) is 9.03. The zero-order chi connectivity index (χ0) is 9.84. The van der Waals surface area contributed by atoms with Crippen LogP contribution in [-0.2, 0) is 4.79 Å². The van der Waals surface area contributed by atoms with Crippen molar-refractivity contribution in [3.63, 3.8) is 0 Å². The van der Waals surface area contributed by atoms with Crippen molar-refractivity contribution in [2.24, 2.45) is 0 Å². The average Bonchev–Trinajstić information content (AvgIpc) is 2.08. The summed E-state index contributed by atoms with van der Waals surface area (Å²) >= 11 is 6.57. The summed E-state index contributed by atoms with van der Waals surface area (Å²) in [4.78, 5) is 14.3. The summed E-state index contributed by atoms with van der Waals surface area (Å²) in [5.74, 6) is 0.0340. The molecule has 0 spiro atoms. The molecule has 0 radical (unpaired) electrons. The van der Waals surface area contributed by atoms with Crippen LogP contribution >= 0.6 is 24.0 Å². The fraction of sp³-hybridized carbons (Fsp3) is 0.714. The first-order valence-electron chi connectivity index (χ1n) is 3.99. The Labute approximate surface area is 86.9 Å². The van der Waals surface area contributed by atoms with Crippen molar-refractivity contribution in [2.75, 3.05) is 25.6 Å². The third kappa shape index (κ3) is 3.13. The first-order chi connectivity index (χ1) is 6.13. The van der Waals surface area contributed by atoms with Gasteiger partial charge >= 0.3 is 5.97 Å². The normalized spacial score (nSPS) is 19.2. The van der Waals surface area contributed by atoms with Crippen molar-refractivity contribution in [2.45, 2.75) is 6.92 Å². The number of nitrogens with zero attached hydrogens (tertiary/aromatic N) is 2. The molecule has 74 valence electrons. The van der Waals surface area contributed by atoms with Gasteiger partial charge in [-0.3, -0.25) is 9.69 Å². The zero-order valence-electron chi connectivity index (χ0n) is 7.39. The molecule has 0 aromatic carbocycles. The van der Waals surface area contributed by atoms with Crippen molar-refractivity contribution in [1.82, 2.24) is 9.80 Å². The standard InChI is InChI=1S/C7H12N2O2S2/c1-2-8-4-9(3-6(10)11)7(12)13-5-8/h2-5H2,1H3,(H,10,11). The van der Waals surface area contributed by atoms with Crippen molar-refractivity contribution in [1.29, 1.82) is 0 Å². The van der Waals surface area contributed by atoms with E-state index >= 15 is 0 Å². The molecule has 0 bridgehead atoms. The van der Waals surface area contributed by atoms with Crippen LogP contribution in [0.25, 0.3) is 0 Å². The van der Waals surface area contributed by atoms with Gasteiger partial charge in [0.25, 0.3) is 0 Å². The molecular weight excluding hydrogens is 208 g/mol. The molecule has 4 nitrogen and oxygen atoms in total. The van der Waals surface area contributed by atoms with Gasteiger partial charge in [-0.25, -0.2) is 0 Å². The first-order valence-corrected chi connectivity index (χ1v) is 5.38. The number of carboxylic acids is 1. The Morgan fingerprint density at radius 3 is 3.00 bits per heavy atom. The van der Waals surface area contributed by atoms with E-state index in [2.05, 4.69) is 4.90 Å². The van der Waals surface area contributed by atoms with E-state index in [0.29, 0.717) is 11.0 Å². The maximum atomic E-state index is 10.5. The molecule has 1 N–H and O–H groups in total. The largest absolute Gasteiger partial charge is 0.480 e. The van der Waals surface area contributed by atoms with Crippen molar-refractivity contribution in [3.05, 3.63) is 0 Å². The van der Waals surface area contributed by atoms with Gasteiger partial charge in [0.2, 0.25) is 0 Å². The Balaban J connectivity index is 2.49. The number of hydrogen-bond acceptors (Lipinski definition) is 4. The summed E-state index contributed by atoms with van der Waals surface area (Å²) in [5.41, 5.74) is 0. The molecule has 0 aliphatic carbocycles. The van der Waals surface area contributed by atoms with E-state index in [0.717, 1.165) is 12.4 Å².